The Morgan fingerprint density at radius 1 is 0.407 bits per heavy atom. The number of para-hydroxylation sites is 3. The third-order valence-electron chi connectivity index (χ3n) is 8.67. The van der Waals surface area contributed by atoms with Gasteiger partial charge < -0.3 is 9.47 Å². The van der Waals surface area contributed by atoms with Crippen molar-refractivity contribution in [2.24, 2.45) is 0 Å². The average molecular weight is 717 g/mol. The van der Waals surface area contributed by atoms with Gasteiger partial charge in [0, 0.05) is 27.8 Å². The van der Waals surface area contributed by atoms with Crippen LogP contribution in [0.2, 0.25) is 0 Å². The molecule has 10 aromatic rings. The zero-order valence-electron chi connectivity index (χ0n) is 55.5. The second kappa shape index (κ2) is 13.4. The summed E-state index contributed by atoms with van der Waals surface area (Å²) in [7, 11) is 0. The summed E-state index contributed by atoms with van der Waals surface area (Å²) in [6.45, 7) is 0. The molecule has 0 unspecified atom stereocenters. The molecule has 0 atom stereocenters. The highest BCUT2D eigenvalue weighted by molar-refractivity contribution is 6.16. The minimum absolute atomic E-state index is 0.0609. The summed E-state index contributed by atoms with van der Waals surface area (Å²) in [5.41, 5.74) is -5.68. The largest absolute Gasteiger partial charge is 0.308 e. The highest BCUT2D eigenvalue weighted by Gasteiger charge is 2.23. The smallest absolute Gasteiger partial charge is 0.0782 e. The van der Waals surface area contributed by atoms with Gasteiger partial charge in [-0.25, -0.2) is 0 Å². The first-order chi connectivity index (χ1) is 38.4. The normalized spacial score (nSPS) is 18.6. The van der Waals surface area contributed by atoms with Crippen molar-refractivity contribution in [1.29, 1.82) is 0 Å². The number of nitrogens with zero attached hydrogens (tertiary/aromatic N) is 2. The van der Waals surface area contributed by atoms with E-state index < -0.39 is 214 Å². The molecule has 0 fully saturated rings. The molecule has 0 aliphatic heterocycles. The molecule has 0 saturated heterocycles. The quantitative estimate of drug-likeness (QED) is 0.159. The molecule has 1 heterocycles. The van der Waals surface area contributed by atoms with E-state index in [1.165, 1.54) is 6.07 Å². The lowest BCUT2D eigenvalue weighted by atomic mass is 9.92. The van der Waals surface area contributed by atoms with Crippen LogP contribution in [0.4, 0.5) is 17.1 Å². The standard InChI is InChI=1S/C52H36N2/c1-5-17-37(18-6-1)40-35-49-48-27-15-16-28-50(48)54(42-23-11-4-12-24-42)52(49)51(36-40)53(41-21-9-3-10-22-41)43-31-29-39(30-32-43)45-34-33-44(38-19-7-2-8-20-38)46-25-13-14-26-47(45)46/h1-36H/i1D,2D,3D,4D,5D,6D,7D,8D,9D,10D,11D,13D,14D,15D,16D,17D,18D,19D,20D,21D,22D,23D,27D,29D,31D,32D,33D,35D. The van der Waals surface area contributed by atoms with E-state index in [2.05, 4.69) is 0 Å². The Bertz CT molecular complexity index is 4480. The van der Waals surface area contributed by atoms with Crippen LogP contribution in [0.25, 0.3) is 71.6 Å². The molecule has 0 amide bonds. The van der Waals surface area contributed by atoms with Crippen molar-refractivity contribution in [2.75, 3.05) is 4.90 Å². The van der Waals surface area contributed by atoms with Crippen LogP contribution in [0.5, 0.6) is 0 Å². The molecule has 0 bridgehead atoms. The van der Waals surface area contributed by atoms with Crippen molar-refractivity contribution < 1.29 is 38.4 Å². The van der Waals surface area contributed by atoms with Crippen LogP contribution in [-0.4, -0.2) is 4.57 Å². The molecular weight excluding hydrogens is 653 g/mol. The van der Waals surface area contributed by atoms with Crippen LogP contribution in [0.15, 0.2) is 218 Å². The molecule has 2 nitrogen and oxygen atoms in total. The lowest BCUT2D eigenvalue weighted by Crippen LogP contribution is -2.12. The van der Waals surface area contributed by atoms with E-state index in [0.717, 1.165) is 51.9 Å². The van der Waals surface area contributed by atoms with Gasteiger partial charge in [0.1, 0.15) is 0 Å². The molecule has 1 aromatic heterocycles. The summed E-state index contributed by atoms with van der Waals surface area (Å²) in [6.07, 6.45) is 0. The van der Waals surface area contributed by atoms with Crippen molar-refractivity contribution >= 4 is 49.6 Å². The summed E-state index contributed by atoms with van der Waals surface area (Å²) in [6, 6.07) is -12.8. The minimum atomic E-state index is -1.02. The van der Waals surface area contributed by atoms with Gasteiger partial charge in [-0.1, -0.05) is 163 Å². The van der Waals surface area contributed by atoms with Crippen LogP contribution >= 0.6 is 0 Å². The molecule has 0 aliphatic carbocycles. The molecule has 0 aliphatic rings. The molecular formula is C52H36N2. The molecule has 9 aromatic carbocycles. The van der Waals surface area contributed by atoms with Crippen molar-refractivity contribution in [2.45, 2.75) is 0 Å². The maximum Gasteiger partial charge on any atom is 0.0782 e. The molecule has 0 N–H and O–H groups in total. The van der Waals surface area contributed by atoms with Gasteiger partial charge in [-0.15, -0.1) is 0 Å². The lowest BCUT2D eigenvalue weighted by molar-refractivity contribution is 1.17. The van der Waals surface area contributed by atoms with Gasteiger partial charge in [-0.3, -0.25) is 0 Å². The first-order valence-electron chi connectivity index (χ1n) is 30.2. The summed E-state index contributed by atoms with van der Waals surface area (Å²) >= 11 is 0. The summed E-state index contributed by atoms with van der Waals surface area (Å²) < 4.78 is 252. The minimum Gasteiger partial charge on any atom is -0.308 e. The number of hydrogen-bond donors (Lipinski definition) is 0. The Morgan fingerprint density at radius 3 is 1.87 bits per heavy atom. The van der Waals surface area contributed by atoms with Crippen molar-refractivity contribution in [3.8, 4) is 39.1 Å². The van der Waals surface area contributed by atoms with E-state index >= 15 is 0 Å². The maximum absolute atomic E-state index is 9.95. The number of anilines is 3. The van der Waals surface area contributed by atoms with Gasteiger partial charge in [-0.05, 0) is 98.6 Å². The molecule has 0 saturated carbocycles. The Hall–Kier alpha value is -7.16. The summed E-state index contributed by atoms with van der Waals surface area (Å²) in [4.78, 5) is 0.753. The molecule has 0 radical (unpaired) electrons. The van der Waals surface area contributed by atoms with Gasteiger partial charge in [-0.2, -0.15) is 0 Å². The lowest BCUT2D eigenvalue weighted by Gasteiger charge is -2.28. The first-order valence-corrected chi connectivity index (χ1v) is 16.2. The summed E-state index contributed by atoms with van der Waals surface area (Å²) in [5.74, 6) is 0. The second-order valence-corrected chi connectivity index (χ2v) is 11.6. The predicted octanol–water partition coefficient (Wildman–Crippen LogP) is 14.4. The van der Waals surface area contributed by atoms with E-state index in [1.807, 2.05) is 0 Å². The molecule has 10 rings (SSSR count). The number of aromatic nitrogens is 1. The zero-order chi connectivity index (χ0) is 60.2. The first kappa shape index (κ1) is 14.0. The van der Waals surface area contributed by atoms with Crippen molar-refractivity contribution in [3.63, 3.8) is 0 Å². The number of rotatable bonds is 7. The number of fused-ring (bicyclic) bond motifs is 4. The molecule has 54 heavy (non-hydrogen) atoms. The maximum atomic E-state index is 9.95. The van der Waals surface area contributed by atoms with Gasteiger partial charge in [0.25, 0.3) is 0 Å². The van der Waals surface area contributed by atoms with Crippen LogP contribution in [0, 0.1) is 0 Å². The highest BCUT2D eigenvalue weighted by Crippen LogP contribution is 2.46. The molecule has 2 heteroatoms. The van der Waals surface area contributed by atoms with Crippen molar-refractivity contribution in [3.05, 3.63) is 218 Å². The van der Waals surface area contributed by atoms with Gasteiger partial charge in [0.05, 0.1) is 55.1 Å². The Morgan fingerprint density at radius 2 is 1.07 bits per heavy atom. The van der Waals surface area contributed by atoms with E-state index in [4.69, 9.17) is 26.0 Å². The number of hydrogen-bond acceptors (Lipinski definition) is 1. The summed E-state index contributed by atoms with van der Waals surface area (Å²) in [5, 5.41) is -0.991. The third-order valence-corrected chi connectivity index (χ3v) is 8.67. The fourth-order valence-corrected chi connectivity index (χ4v) is 6.40. The predicted molar refractivity (Wildman–Crippen MR) is 229 cm³/mol. The third kappa shape index (κ3) is 5.44. The topological polar surface area (TPSA) is 8.17 Å². The van der Waals surface area contributed by atoms with E-state index in [0.29, 0.717) is 0 Å². The Labute approximate surface area is 354 Å². The zero-order valence-corrected chi connectivity index (χ0v) is 27.5. The van der Waals surface area contributed by atoms with Gasteiger partial charge in [0.2, 0.25) is 0 Å². The highest BCUT2D eigenvalue weighted by atomic mass is 15.2. The van der Waals surface area contributed by atoms with Crippen molar-refractivity contribution in [1.82, 2.24) is 4.57 Å². The van der Waals surface area contributed by atoms with Gasteiger partial charge in [0.15, 0.2) is 0 Å². The second-order valence-electron chi connectivity index (χ2n) is 11.6. The SMILES string of the molecule is [2H]c1cc2c(-c3cc([2H])c(N(c4c([2H])c([2H])c([2H])c([2H])c4[2H])c4cc(-c5c([2H])c([2H])c([2H])c([2H])c5[2H])c([2H])c5c6c([2H])c([2H])c([2H])cc6n(-c6ccc([2H])c([2H])c6[2H])c45)c([2H])c3[2H])cc([2H])c(-c3c([2H])c([2H])c([2H])c([2H])c3[2H])c2cc1[2H]. The van der Waals surface area contributed by atoms with Crippen LogP contribution in [0.3, 0.4) is 0 Å². The van der Waals surface area contributed by atoms with E-state index in [9.17, 15) is 12.3 Å². The number of benzene rings is 9. The molecule has 254 valence electrons. The van der Waals surface area contributed by atoms with Crippen LogP contribution < -0.4 is 4.90 Å². The monoisotopic (exact) mass is 716 g/mol. The van der Waals surface area contributed by atoms with Gasteiger partial charge >= 0.3 is 0 Å². The Kier molecular flexibility index (Phi) is 3.48. The van der Waals surface area contributed by atoms with Crippen LogP contribution in [-0.2, 0) is 0 Å². The average Bonchev–Trinajstić information content (AvgIpc) is 1.62. The van der Waals surface area contributed by atoms with Crippen LogP contribution in [0.1, 0.15) is 38.4 Å². The van der Waals surface area contributed by atoms with E-state index in [1.54, 1.807) is 0 Å². The Balaban J connectivity index is 1.43. The fourth-order valence-electron chi connectivity index (χ4n) is 6.40. The molecule has 0 spiro atoms. The van der Waals surface area contributed by atoms with E-state index in [-0.39, 0.29) is 44.1 Å². The fraction of sp³-hybridized carbons (Fsp3) is 0.